The van der Waals surface area contributed by atoms with Gasteiger partial charge in [-0.1, -0.05) is 23.2 Å². The highest BCUT2D eigenvalue weighted by Gasteiger charge is 2.26. The molecule has 0 unspecified atom stereocenters. The van der Waals surface area contributed by atoms with Gasteiger partial charge in [-0.25, -0.2) is 9.97 Å². The summed E-state index contributed by atoms with van der Waals surface area (Å²) < 4.78 is 29.4. The van der Waals surface area contributed by atoms with E-state index in [4.69, 9.17) is 23.2 Å². The molecule has 3 aromatic rings. The number of halogens is 3. The number of hydrogen-bond acceptors (Lipinski definition) is 5. The molecular weight excluding hydrogens is 423 g/mol. The summed E-state index contributed by atoms with van der Waals surface area (Å²) >= 11 is 16.3. The summed E-state index contributed by atoms with van der Waals surface area (Å²) in [5.74, 6) is 0. The molecule has 0 fully saturated rings. The average Bonchev–Trinajstić information content (AvgIpc) is 2.92. The molecule has 0 aliphatic heterocycles. The second-order valence-electron chi connectivity index (χ2n) is 3.86. The van der Waals surface area contributed by atoms with Crippen LogP contribution in [0.4, 0.5) is 5.69 Å². The number of nitrogens with zero attached hydrogens (tertiary/aromatic N) is 3. The molecule has 0 amide bonds. The molecule has 0 saturated heterocycles. The lowest BCUT2D eigenvalue weighted by Crippen LogP contribution is -2.15. The average molecular weight is 428 g/mol. The van der Waals surface area contributed by atoms with Crippen LogP contribution in [0.2, 0.25) is 10.3 Å². The zero-order valence-corrected chi connectivity index (χ0v) is 14.6. The van der Waals surface area contributed by atoms with Gasteiger partial charge in [0.1, 0.15) is 0 Å². The number of pyridine rings is 1. The zero-order chi connectivity index (χ0) is 15.2. The molecule has 3 heterocycles. The molecule has 0 spiro atoms. The fraction of sp³-hybridized carbons (Fsp3) is 0. The first-order valence-electron chi connectivity index (χ1n) is 5.33. The number of anilines is 1. The van der Waals surface area contributed by atoms with Crippen molar-refractivity contribution in [3.63, 3.8) is 0 Å². The highest BCUT2D eigenvalue weighted by molar-refractivity contribution is 9.10. The van der Waals surface area contributed by atoms with Crippen molar-refractivity contribution in [2.45, 2.75) is 5.03 Å². The predicted octanol–water partition coefficient (Wildman–Crippen LogP) is 3.66. The number of fused-ring (bicyclic) bond motifs is 1. The Labute approximate surface area is 141 Å². The van der Waals surface area contributed by atoms with Gasteiger partial charge in [-0.15, -0.1) is 11.3 Å². The number of sulfonamides is 1. The molecule has 21 heavy (non-hydrogen) atoms. The van der Waals surface area contributed by atoms with Crippen LogP contribution in [0.3, 0.4) is 0 Å². The van der Waals surface area contributed by atoms with Gasteiger partial charge in [0.25, 0.3) is 10.0 Å². The van der Waals surface area contributed by atoms with E-state index in [0.29, 0.717) is 9.43 Å². The van der Waals surface area contributed by atoms with Crippen molar-refractivity contribution < 1.29 is 8.42 Å². The normalized spacial score (nSPS) is 12.0. The lowest BCUT2D eigenvalue weighted by molar-refractivity contribution is 0.596. The minimum absolute atomic E-state index is 0.0315. The third-order valence-corrected chi connectivity index (χ3v) is 5.74. The summed E-state index contributed by atoms with van der Waals surface area (Å²) in [5.41, 5.74) is 0.146. The van der Waals surface area contributed by atoms with E-state index in [2.05, 4.69) is 30.6 Å². The van der Waals surface area contributed by atoms with Crippen molar-refractivity contribution in [1.29, 1.82) is 0 Å². The minimum Gasteiger partial charge on any atom is -0.278 e. The number of hydrogen-bond donors (Lipinski definition) is 1. The summed E-state index contributed by atoms with van der Waals surface area (Å²) in [5, 5.41) is 1.50. The molecular formula is C10H5BrCl2N4O2S2. The summed E-state index contributed by atoms with van der Waals surface area (Å²) in [6.45, 7) is 0. The van der Waals surface area contributed by atoms with Crippen LogP contribution >= 0.6 is 50.5 Å². The first kappa shape index (κ1) is 15.0. The van der Waals surface area contributed by atoms with Gasteiger partial charge in [-0.05, 0) is 22.0 Å². The van der Waals surface area contributed by atoms with Crippen LogP contribution in [0, 0.1) is 0 Å². The van der Waals surface area contributed by atoms with E-state index in [1.54, 1.807) is 11.6 Å². The molecule has 0 radical (unpaired) electrons. The van der Waals surface area contributed by atoms with E-state index in [1.807, 2.05) is 0 Å². The van der Waals surface area contributed by atoms with E-state index in [0.717, 1.165) is 0 Å². The Balaban J connectivity index is 2.10. The van der Waals surface area contributed by atoms with E-state index < -0.39 is 10.0 Å². The largest absolute Gasteiger partial charge is 0.281 e. The topological polar surface area (TPSA) is 76.4 Å². The van der Waals surface area contributed by atoms with Gasteiger partial charge in [-0.2, -0.15) is 8.42 Å². The summed E-state index contributed by atoms with van der Waals surface area (Å²) in [4.78, 5) is 8.33. The summed E-state index contributed by atoms with van der Waals surface area (Å²) in [6, 6.07) is 1.51. The molecule has 3 rings (SSSR count). The Morgan fingerprint density at radius 2 is 2.10 bits per heavy atom. The van der Waals surface area contributed by atoms with Gasteiger partial charge >= 0.3 is 0 Å². The maximum atomic E-state index is 12.5. The molecule has 0 aliphatic carbocycles. The highest BCUT2D eigenvalue weighted by atomic mass is 79.9. The summed E-state index contributed by atoms with van der Waals surface area (Å²) in [6.07, 6.45) is 3.04. The van der Waals surface area contributed by atoms with Crippen LogP contribution in [0.25, 0.3) is 4.96 Å². The lowest BCUT2D eigenvalue weighted by atomic mass is 10.4. The van der Waals surface area contributed by atoms with Crippen molar-refractivity contribution in [3.05, 3.63) is 38.6 Å². The van der Waals surface area contributed by atoms with Gasteiger partial charge in [0.05, 0.1) is 5.69 Å². The molecule has 0 aromatic carbocycles. The monoisotopic (exact) mass is 426 g/mol. The van der Waals surface area contributed by atoms with Gasteiger partial charge in [0, 0.05) is 22.2 Å². The smallest absolute Gasteiger partial charge is 0.278 e. The Hall–Kier alpha value is -0.870. The van der Waals surface area contributed by atoms with Crippen molar-refractivity contribution in [2.75, 3.05) is 4.72 Å². The molecule has 1 N–H and O–H groups in total. The van der Waals surface area contributed by atoms with Crippen LogP contribution in [-0.4, -0.2) is 22.8 Å². The molecule has 0 bridgehead atoms. The van der Waals surface area contributed by atoms with Gasteiger partial charge in [0.2, 0.25) is 0 Å². The lowest BCUT2D eigenvalue weighted by Gasteiger charge is -2.09. The van der Waals surface area contributed by atoms with Gasteiger partial charge in [0.15, 0.2) is 20.3 Å². The maximum Gasteiger partial charge on any atom is 0.281 e. The van der Waals surface area contributed by atoms with E-state index in [1.165, 1.54) is 28.0 Å². The van der Waals surface area contributed by atoms with Gasteiger partial charge < -0.3 is 0 Å². The fourth-order valence-corrected chi connectivity index (χ4v) is 4.72. The molecule has 0 saturated carbocycles. The van der Waals surface area contributed by atoms with Crippen LogP contribution in [0.5, 0.6) is 0 Å². The second-order valence-corrected chi connectivity index (χ2v) is 7.96. The fourth-order valence-electron chi connectivity index (χ4n) is 1.67. The maximum absolute atomic E-state index is 12.5. The number of thiazole rings is 1. The quantitative estimate of drug-likeness (QED) is 0.647. The van der Waals surface area contributed by atoms with Crippen molar-refractivity contribution in [1.82, 2.24) is 14.4 Å². The van der Waals surface area contributed by atoms with Gasteiger partial charge in [-0.3, -0.25) is 9.12 Å². The zero-order valence-electron chi connectivity index (χ0n) is 9.92. The molecule has 6 nitrogen and oxygen atoms in total. The number of rotatable bonds is 3. The molecule has 3 aromatic heterocycles. The highest BCUT2D eigenvalue weighted by Crippen LogP contribution is 2.29. The first-order chi connectivity index (χ1) is 9.88. The van der Waals surface area contributed by atoms with Crippen LogP contribution < -0.4 is 4.72 Å². The molecule has 11 heteroatoms. The first-order valence-corrected chi connectivity index (χ1v) is 9.24. The Bertz CT molecular complexity index is 938. The van der Waals surface area contributed by atoms with Crippen molar-refractivity contribution in [2.24, 2.45) is 0 Å². The second kappa shape index (κ2) is 5.40. The van der Waals surface area contributed by atoms with Crippen LogP contribution in [-0.2, 0) is 10.0 Å². The van der Waals surface area contributed by atoms with Crippen LogP contribution in [0.1, 0.15) is 0 Å². The molecule has 0 atom stereocenters. The standard InChI is InChI=1S/C10H5BrCl2N4O2S2/c11-5-3-6(7(12)14-4-5)16-21(18,19)9-8(13)15-10-17(9)1-2-20-10/h1-4,16H. The minimum atomic E-state index is -3.96. The third kappa shape index (κ3) is 2.76. The van der Waals surface area contributed by atoms with Crippen molar-refractivity contribution >= 4 is 71.1 Å². The number of imidazole rings is 1. The Morgan fingerprint density at radius 3 is 2.86 bits per heavy atom. The van der Waals surface area contributed by atoms with E-state index in [-0.39, 0.29) is 21.0 Å². The number of aromatic nitrogens is 3. The number of nitrogens with one attached hydrogen (secondary N) is 1. The molecule has 110 valence electrons. The SMILES string of the molecule is O=S(=O)(Nc1cc(Br)cnc1Cl)c1c(Cl)nc2sccn12. The Kier molecular flexibility index (Phi) is 3.87. The third-order valence-electron chi connectivity index (χ3n) is 2.48. The van der Waals surface area contributed by atoms with E-state index in [9.17, 15) is 8.42 Å². The van der Waals surface area contributed by atoms with Crippen molar-refractivity contribution in [3.8, 4) is 0 Å². The molecule has 0 aliphatic rings. The summed E-state index contributed by atoms with van der Waals surface area (Å²) in [7, 11) is -3.96. The predicted molar refractivity (Wildman–Crippen MR) is 85.8 cm³/mol. The van der Waals surface area contributed by atoms with Crippen LogP contribution in [0.15, 0.2) is 33.3 Å². The van der Waals surface area contributed by atoms with E-state index >= 15 is 0 Å². The Morgan fingerprint density at radius 1 is 1.33 bits per heavy atom.